The second-order valence-electron chi connectivity index (χ2n) is 3.88. The molecule has 5 nitrogen and oxygen atoms in total. The molecule has 1 heterocycles. The van der Waals surface area contributed by atoms with E-state index in [-0.39, 0.29) is 12.3 Å². The normalized spacial score (nSPS) is 10.6. The van der Waals surface area contributed by atoms with Crippen LogP contribution in [0.1, 0.15) is 10.4 Å². The number of ether oxygens (including phenoxy) is 2. The van der Waals surface area contributed by atoms with E-state index in [2.05, 4.69) is 10.3 Å². The maximum Gasteiger partial charge on any atom is 0.178 e. The van der Waals surface area contributed by atoms with E-state index in [4.69, 9.17) is 9.47 Å². The number of aromatic nitrogens is 1. The second-order valence-corrected chi connectivity index (χ2v) is 3.88. The molecule has 0 saturated carbocycles. The van der Waals surface area contributed by atoms with Gasteiger partial charge in [0.25, 0.3) is 0 Å². The first kappa shape index (κ1) is 12.4. The summed E-state index contributed by atoms with van der Waals surface area (Å²) in [5.41, 5.74) is 1.38. The summed E-state index contributed by atoms with van der Waals surface area (Å²) in [4.78, 5) is 15.1. The zero-order chi connectivity index (χ0) is 13.1. The predicted octanol–water partition coefficient (Wildman–Crippen LogP) is 1.59. The summed E-state index contributed by atoms with van der Waals surface area (Å²) in [5, 5.41) is 3.61. The van der Waals surface area contributed by atoms with Crippen LogP contribution in [0.4, 0.5) is 0 Å². The summed E-state index contributed by atoms with van der Waals surface area (Å²) in [6.07, 6.45) is 1.69. The summed E-state index contributed by atoms with van der Waals surface area (Å²) < 4.78 is 10.6. The van der Waals surface area contributed by atoms with Gasteiger partial charge in [0.2, 0.25) is 0 Å². The number of hydrogen-bond donors (Lipinski definition) is 2. The van der Waals surface area contributed by atoms with Crippen molar-refractivity contribution in [2.75, 3.05) is 27.8 Å². The number of nitrogens with one attached hydrogen (secondary N) is 2. The fraction of sp³-hybridized carbons (Fsp3) is 0.308. The maximum absolute atomic E-state index is 12.0. The van der Waals surface area contributed by atoms with Crippen molar-refractivity contribution in [2.24, 2.45) is 0 Å². The standard InChI is InChI=1S/C13H16N2O3/c1-14-7-9(16)8-6-15-13-11(18-3)5-4-10(17-2)12(8)13/h4-6,14-15H,7H2,1-3H3. The Kier molecular flexibility index (Phi) is 3.53. The number of carbonyl (C=O) groups excluding carboxylic acids is 1. The average Bonchev–Trinajstić information content (AvgIpc) is 2.82. The minimum absolute atomic E-state index is 0.00954. The number of benzene rings is 1. The number of H-pyrrole nitrogens is 1. The molecule has 2 N–H and O–H groups in total. The van der Waals surface area contributed by atoms with Gasteiger partial charge in [0.05, 0.1) is 31.7 Å². The van der Waals surface area contributed by atoms with Crippen molar-refractivity contribution in [3.05, 3.63) is 23.9 Å². The van der Waals surface area contributed by atoms with Crippen molar-refractivity contribution in [1.29, 1.82) is 0 Å². The first-order valence-corrected chi connectivity index (χ1v) is 5.62. The van der Waals surface area contributed by atoms with E-state index >= 15 is 0 Å². The van der Waals surface area contributed by atoms with Gasteiger partial charge in [0, 0.05) is 11.8 Å². The van der Waals surface area contributed by atoms with Gasteiger partial charge in [-0.1, -0.05) is 0 Å². The topological polar surface area (TPSA) is 63.4 Å². The van der Waals surface area contributed by atoms with Crippen molar-refractivity contribution in [1.82, 2.24) is 10.3 Å². The number of hydrogen-bond acceptors (Lipinski definition) is 4. The fourth-order valence-corrected chi connectivity index (χ4v) is 2.01. The summed E-state index contributed by atoms with van der Waals surface area (Å²) in [7, 11) is 4.92. The molecule has 0 amide bonds. The number of fused-ring (bicyclic) bond motifs is 1. The minimum atomic E-state index is 0.00954. The Balaban J connectivity index is 2.65. The molecular weight excluding hydrogens is 232 g/mol. The van der Waals surface area contributed by atoms with E-state index in [0.717, 1.165) is 10.9 Å². The number of methoxy groups -OCH3 is 2. The smallest absolute Gasteiger partial charge is 0.178 e. The maximum atomic E-state index is 12.0. The fourth-order valence-electron chi connectivity index (χ4n) is 2.01. The van der Waals surface area contributed by atoms with Crippen LogP contribution in [0, 0.1) is 0 Å². The van der Waals surface area contributed by atoms with Gasteiger partial charge in [0.15, 0.2) is 5.78 Å². The SMILES string of the molecule is CNCC(=O)c1c[nH]c2c(OC)ccc(OC)c12. The van der Waals surface area contributed by atoms with E-state index < -0.39 is 0 Å². The molecule has 0 fully saturated rings. The Morgan fingerprint density at radius 1 is 1.28 bits per heavy atom. The molecule has 0 atom stereocenters. The molecule has 96 valence electrons. The molecule has 0 radical (unpaired) electrons. The highest BCUT2D eigenvalue weighted by atomic mass is 16.5. The third kappa shape index (κ3) is 1.93. The number of likely N-dealkylation sites (N-methyl/N-ethyl adjacent to an activating group) is 1. The van der Waals surface area contributed by atoms with Crippen molar-refractivity contribution in [3.63, 3.8) is 0 Å². The zero-order valence-electron chi connectivity index (χ0n) is 10.7. The molecule has 0 unspecified atom stereocenters. The molecule has 0 saturated heterocycles. The number of carbonyl (C=O) groups is 1. The van der Waals surface area contributed by atoms with Crippen LogP contribution in [0.2, 0.25) is 0 Å². The van der Waals surface area contributed by atoms with Gasteiger partial charge in [-0.25, -0.2) is 0 Å². The van der Waals surface area contributed by atoms with Crippen molar-refractivity contribution < 1.29 is 14.3 Å². The monoisotopic (exact) mass is 248 g/mol. The van der Waals surface area contributed by atoms with Crippen LogP contribution in [0.15, 0.2) is 18.3 Å². The first-order valence-electron chi connectivity index (χ1n) is 5.62. The Labute approximate surface area is 105 Å². The highest BCUT2D eigenvalue weighted by Gasteiger charge is 2.17. The van der Waals surface area contributed by atoms with Crippen LogP contribution in [-0.4, -0.2) is 38.6 Å². The molecule has 1 aromatic heterocycles. The van der Waals surface area contributed by atoms with E-state index in [1.165, 1.54) is 0 Å². The van der Waals surface area contributed by atoms with Crippen LogP contribution in [0.5, 0.6) is 11.5 Å². The Hall–Kier alpha value is -2.01. The van der Waals surface area contributed by atoms with Gasteiger partial charge in [-0.2, -0.15) is 0 Å². The van der Waals surface area contributed by atoms with E-state index in [1.807, 2.05) is 6.07 Å². The summed E-state index contributed by atoms with van der Waals surface area (Å²) >= 11 is 0. The van der Waals surface area contributed by atoms with Crippen LogP contribution >= 0.6 is 0 Å². The number of aromatic amines is 1. The third-order valence-corrected chi connectivity index (χ3v) is 2.84. The van der Waals surface area contributed by atoms with E-state index in [0.29, 0.717) is 17.1 Å². The van der Waals surface area contributed by atoms with Crippen LogP contribution in [0.3, 0.4) is 0 Å². The molecule has 18 heavy (non-hydrogen) atoms. The van der Waals surface area contributed by atoms with Gasteiger partial charge in [-0.05, 0) is 19.2 Å². The number of ketones is 1. The second kappa shape index (κ2) is 5.10. The zero-order valence-corrected chi connectivity index (χ0v) is 10.7. The molecule has 0 aliphatic carbocycles. The molecule has 0 aliphatic heterocycles. The third-order valence-electron chi connectivity index (χ3n) is 2.84. The first-order chi connectivity index (χ1) is 8.72. The van der Waals surface area contributed by atoms with Crippen molar-refractivity contribution in [3.8, 4) is 11.5 Å². The summed E-state index contributed by atoms with van der Waals surface area (Å²) in [5.74, 6) is 1.36. The lowest BCUT2D eigenvalue weighted by Gasteiger charge is -2.07. The Morgan fingerprint density at radius 3 is 2.56 bits per heavy atom. The van der Waals surface area contributed by atoms with Gasteiger partial charge in [0.1, 0.15) is 11.5 Å². The average molecular weight is 248 g/mol. The minimum Gasteiger partial charge on any atom is -0.496 e. The lowest BCUT2D eigenvalue weighted by atomic mass is 10.1. The molecule has 2 aromatic rings. The number of Topliss-reactive ketones (excluding diaryl/α,β-unsaturated/α-hetero) is 1. The molecule has 2 rings (SSSR count). The molecule has 1 aromatic carbocycles. The van der Waals surface area contributed by atoms with Gasteiger partial charge in [-0.3, -0.25) is 4.79 Å². The van der Waals surface area contributed by atoms with Crippen molar-refractivity contribution in [2.45, 2.75) is 0 Å². The van der Waals surface area contributed by atoms with Crippen molar-refractivity contribution >= 4 is 16.7 Å². The van der Waals surface area contributed by atoms with Gasteiger partial charge in [-0.15, -0.1) is 0 Å². The van der Waals surface area contributed by atoms with Gasteiger partial charge >= 0.3 is 0 Å². The highest BCUT2D eigenvalue weighted by molar-refractivity contribution is 6.12. The van der Waals surface area contributed by atoms with E-state index in [9.17, 15) is 4.79 Å². The lowest BCUT2D eigenvalue weighted by Crippen LogP contribution is -2.18. The van der Waals surface area contributed by atoms with Crippen LogP contribution in [-0.2, 0) is 0 Å². The largest absolute Gasteiger partial charge is 0.496 e. The Bertz CT molecular complexity index is 575. The van der Waals surface area contributed by atoms with E-state index in [1.54, 1.807) is 33.5 Å². The Morgan fingerprint density at radius 2 is 1.94 bits per heavy atom. The molecular formula is C13H16N2O3. The quantitative estimate of drug-likeness (QED) is 0.789. The number of rotatable bonds is 5. The summed E-state index contributed by atoms with van der Waals surface area (Å²) in [6, 6.07) is 3.61. The molecule has 0 spiro atoms. The van der Waals surface area contributed by atoms with Crippen LogP contribution in [0.25, 0.3) is 10.9 Å². The molecule has 0 aliphatic rings. The van der Waals surface area contributed by atoms with Crippen LogP contribution < -0.4 is 14.8 Å². The summed E-state index contributed by atoms with van der Waals surface area (Å²) in [6.45, 7) is 0.285. The molecule has 5 heteroatoms. The lowest BCUT2D eigenvalue weighted by molar-refractivity contribution is 0.0995. The highest BCUT2D eigenvalue weighted by Crippen LogP contribution is 2.34. The molecule has 0 bridgehead atoms. The van der Waals surface area contributed by atoms with Gasteiger partial charge < -0.3 is 19.8 Å². The predicted molar refractivity (Wildman–Crippen MR) is 69.7 cm³/mol.